The van der Waals surface area contributed by atoms with Crippen LogP contribution in [0.25, 0.3) is 12.3 Å². The van der Waals surface area contributed by atoms with Crippen molar-refractivity contribution < 1.29 is 14.0 Å². The van der Waals surface area contributed by atoms with Crippen LogP contribution in [0.4, 0.5) is 0 Å². The first-order chi connectivity index (χ1) is 12.5. The highest BCUT2D eigenvalue weighted by molar-refractivity contribution is 7.91. The van der Waals surface area contributed by atoms with E-state index in [1.165, 1.54) is 0 Å². The lowest BCUT2D eigenvalue weighted by atomic mass is 10.2. The van der Waals surface area contributed by atoms with E-state index in [1.54, 1.807) is 19.2 Å². The van der Waals surface area contributed by atoms with Crippen LogP contribution in [-0.2, 0) is 11.2 Å². The Labute approximate surface area is 156 Å². The van der Waals surface area contributed by atoms with Crippen molar-refractivity contribution in [2.75, 3.05) is 18.6 Å². The molecule has 0 bridgehead atoms. The number of aryl methyl sites for hydroxylation is 2. The average Bonchev–Trinajstić information content (AvgIpc) is 2.99. The van der Waals surface area contributed by atoms with Crippen LogP contribution >= 0.6 is 0 Å². The topological polar surface area (TPSA) is 63.5 Å². The molecule has 0 N–H and O–H groups in total. The zero-order valence-corrected chi connectivity index (χ0v) is 16.0. The Morgan fingerprint density at radius 1 is 1.19 bits per heavy atom. The molecule has 0 spiro atoms. The van der Waals surface area contributed by atoms with Crippen molar-refractivity contribution in [3.05, 3.63) is 57.5 Å². The molecule has 0 radical (unpaired) electrons. The fraction of sp³-hybridized carbons (Fsp3) is 0.350. The Kier molecular flexibility index (Phi) is 5.74. The van der Waals surface area contributed by atoms with Gasteiger partial charge in [0.25, 0.3) is 0 Å². The Morgan fingerprint density at radius 3 is 2.54 bits per heavy atom. The largest absolute Gasteiger partial charge is 0.616 e. The second-order valence-electron chi connectivity index (χ2n) is 6.41. The van der Waals surface area contributed by atoms with Gasteiger partial charge in [-0.15, -0.1) is 0 Å². The van der Waals surface area contributed by atoms with E-state index in [9.17, 15) is 9.35 Å². The number of rotatable bonds is 5. The van der Waals surface area contributed by atoms with Crippen molar-refractivity contribution in [2.24, 2.45) is 0 Å². The summed E-state index contributed by atoms with van der Waals surface area (Å²) in [5.74, 6) is 2.58. The molecule has 0 amide bonds. The summed E-state index contributed by atoms with van der Waals surface area (Å²) in [5, 5.41) is 0. The van der Waals surface area contributed by atoms with Crippen molar-refractivity contribution in [2.45, 2.75) is 26.4 Å². The van der Waals surface area contributed by atoms with Crippen LogP contribution in [0.1, 0.15) is 23.4 Å². The molecule has 1 aliphatic heterocycles. The number of benzene rings is 1. The number of hydrogen-bond donors (Lipinski definition) is 0. The zero-order chi connectivity index (χ0) is 18.7. The van der Waals surface area contributed by atoms with Gasteiger partial charge in [-0.05, 0) is 48.8 Å². The molecule has 1 fully saturated rings. The summed E-state index contributed by atoms with van der Waals surface area (Å²) in [7, 11) is 1.61. The lowest BCUT2D eigenvalue weighted by Gasteiger charge is -2.15. The summed E-state index contributed by atoms with van der Waals surface area (Å²) < 4.78 is 25.0. The normalized spacial score (nSPS) is 19.8. The minimum absolute atomic E-state index is 0.0127. The third-order valence-electron chi connectivity index (χ3n) is 4.40. The van der Waals surface area contributed by atoms with E-state index < -0.39 is 11.2 Å². The van der Waals surface area contributed by atoms with Crippen LogP contribution in [0.5, 0.6) is 11.5 Å². The molecule has 0 aliphatic carbocycles. The standard InChI is InChI=1S/C20H23NO4S/c1-14-10-17(22)11-15(2)21(14)8-6-16-4-5-19(24-3)20(12-16)25-18-7-9-26(23)13-18/h4-6,8,10-12,18H,7,9,13H2,1-3H3/b8-6+/t18-,26?/m1/s1. The molecule has 1 aromatic carbocycles. The van der Waals surface area contributed by atoms with Gasteiger partial charge < -0.3 is 18.6 Å². The molecule has 1 saturated heterocycles. The second-order valence-corrected chi connectivity index (χ2v) is 8.03. The van der Waals surface area contributed by atoms with Crippen LogP contribution in [-0.4, -0.2) is 33.8 Å². The van der Waals surface area contributed by atoms with Gasteiger partial charge in [0, 0.05) is 36.1 Å². The van der Waals surface area contributed by atoms with E-state index in [2.05, 4.69) is 0 Å². The minimum atomic E-state index is -0.785. The van der Waals surface area contributed by atoms with Gasteiger partial charge >= 0.3 is 0 Å². The molecule has 0 saturated carbocycles. The van der Waals surface area contributed by atoms with Gasteiger partial charge in [-0.3, -0.25) is 4.79 Å². The lowest BCUT2D eigenvalue weighted by molar-refractivity contribution is 0.218. The van der Waals surface area contributed by atoms with Gasteiger partial charge in [0.2, 0.25) is 0 Å². The highest BCUT2D eigenvalue weighted by atomic mass is 32.2. The zero-order valence-electron chi connectivity index (χ0n) is 15.2. The molecule has 2 aromatic rings. The van der Waals surface area contributed by atoms with Gasteiger partial charge in [0.1, 0.15) is 17.6 Å². The van der Waals surface area contributed by atoms with Gasteiger partial charge in [0.05, 0.1) is 7.11 Å². The third kappa shape index (κ3) is 4.31. The number of ether oxygens (including phenoxy) is 2. The molecular formula is C20H23NO4S. The van der Waals surface area contributed by atoms with Crippen LogP contribution in [0, 0.1) is 13.8 Å². The maximum absolute atomic E-state index is 11.6. The summed E-state index contributed by atoms with van der Waals surface area (Å²) in [6, 6.07) is 8.96. The minimum Gasteiger partial charge on any atom is -0.616 e. The number of aromatic nitrogens is 1. The van der Waals surface area contributed by atoms with E-state index in [4.69, 9.17) is 9.47 Å². The fourth-order valence-electron chi connectivity index (χ4n) is 3.06. The smallest absolute Gasteiger partial charge is 0.182 e. The summed E-state index contributed by atoms with van der Waals surface area (Å²) in [4.78, 5) is 11.6. The molecular weight excluding hydrogens is 350 g/mol. The van der Waals surface area contributed by atoms with Crippen molar-refractivity contribution in [1.29, 1.82) is 0 Å². The van der Waals surface area contributed by atoms with E-state index in [0.717, 1.165) is 23.4 Å². The summed E-state index contributed by atoms with van der Waals surface area (Å²) in [6.07, 6.45) is 4.66. The highest BCUT2D eigenvalue weighted by Crippen LogP contribution is 2.31. The SMILES string of the molecule is COc1ccc(/C=C/n2c(C)cc(=O)cc2C)cc1O[C@@H]1CC[S+]([O-])C1. The van der Waals surface area contributed by atoms with E-state index >= 15 is 0 Å². The number of methoxy groups -OCH3 is 1. The molecule has 6 heteroatoms. The predicted octanol–water partition coefficient (Wildman–Crippen LogP) is 3.00. The lowest BCUT2D eigenvalue weighted by Crippen LogP contribution is -2.18. The first-order valence-corrected chi connectivity index (χ1v) is 10.0. The predicted molar refractivity (Wildman–Crippen MR) is 105 cm³/mol. The molecule has 2 atom stereocenters. The van der Waals surface area contributed by atoms with Crippen molar-refractivity contribution in [1.82, 2.24) is 4.57 Å². The molecule has 1 aromatic heterocycles. The third-order valence-corrected chi connectivity index (χ3v) is 5.83. The molecule has 1 unspecified atom stereocenters. The number of hydrogen-bond acceptors (Lipinski definition) is 4. The van der Waals surface area contributed by atoms with E-state index in [-0.39, 0.29) is 11.5 Å². The Bertz CT molecular complexity index is 848. The maximum Gasteiger partial charge on any atom is 0.182 e. The molecule has 26 heavy (non-hydrogen) atoms. The first-order valence-electron chi connectivity index (χ1n) is 8.54. The summed E-state index contributed by atoms with van der Waals surface area (Å²) >= 11 is -0.785. The molecule has 138 valence electrons. The van der Waals surface area contributed by atoms with Gasteiger partial charge in [-0.25, -0.2) is 0 Å². The van der Waals surface area contributed by atoms with Crippen LogP contribution in [0.3, 0.4) is 0 Å². The first kappa shape index (κ1) is 18.6. The maximum atomic E-state index is 11.6. The second kappa shape index (κ2) is 8.01. The van der Waals surface area contributed by atoms with Crippen molar-refractivity contribution in [3.63, 3.8) is 0 Å². The van der Waals surface area contributed by atoms with Crippen molar-refractivity contribution >= 4 is 23.5 Å². The molecule has 2 heterocycles. The van der Waals surface area contributed by atoms with E-state index in [1.807, 2.05) is 48.9 Å². The van der Waals surface area contributed by atoms with Crippen LogP contribution in [0.2, 0.25) is 0 Å². The Hall–Kier alpha value is -2.18. The average molecular weight is 373 g/mol. The highest BCUT2D eigenvalue weighted by Gasteiger charge is 2.28. The van der Waals surface area contributed by atoms with Crippen LogP contribution < -0.4 is 14.9 Å². The van der Waals surface area contributed by atoms with Gasteiger partial charge in [-0.2, -0.15) is 0 Å². The van der Waals surface area contributed by atoms with Gasteiger partial charge in [0.15, 0.2) is 16.9 Å². The van der Waals surface area contributed by atoms with Crippen molar-refractivity contribution in [3.8, 4) is 11.5 Å². The van der Waals surface area contributed by atoms with Crippen LogP contribution in [0.15, 0.2) is 35.1 Å². The Morgan fingerprint density at radius 2 is 1.92 bits per heavy atom. The van der Waals surface area contributed by atoms with E-state index in [0.29, 0.717) is 23.0 Å². The molecule has 5 nitrogen and oxygen atoms in total. The quantitative estimate of drug-likeness (QED) is 0.756. The van der Waals surface area contributed by atoms with Gasteiger partial charge in [-0.1, -0.05) is 6.07 Å². The summed E-state index contributed by atoms with van der Waals surface area (Å²) in [5.41, 5.74) is 2.73. The monoisotopic (exact) mass is 373 g/mol. The fourth-order valence-corrected chi connectivity index (χ4v) is 4.41. The number of nitrogens with zero attached hydrogens (tertiary/aromatic N) is 1. The molecule has 1 aliphatic rings. The summed E-state index contributed by atoms with van der Waals surface area (Å²) in [6.45, 7) is 3.81. The Balaban J connectivity index is 1.84. The number of pyridine rings is 1. The molecule has 3 rings (SSSR count).